The van der Waals surface area contributed by atoms with Crippen LogP contribution >= 0.6 is 31.9 Å². The number of nitrogens with one attached hydrogen (secondary N) is 2. The molecule has 7 heteroatoms. The Labute approximate surface area is 125 Å². The quantitative estimate of drug-likeness (QED) is 0.723. The van der Waals surface area contributed by atoms with Crippen LogP contribution in [0.5, 0.6) is 0 Å². The molecule has 0 saturated heterocycles. The van der Waals surface area contributed by atoms with Crippen LogP contribution in [-0.2, 0) is 10.0 Å². The molecule has 0 fully saturated rings. The van der Waals surface area contributed by atoms with Crippen LogP contribution in [0.1, 0.15) is 12.0 Å². The van der Waals surface area contributed by atoms with E-state index in [1.54, 1.807) is 7.05 Å². The molecule has 0 amide bonds. The third-order valence-corrected chi connectivity index (χ3v) is 4.88. The summed E-state index contributed by atoms with van der Waals surface area (Å²) in [5.74, 6) is 0.0978. The molecule has 0 atom stereocenters. The van der Waals surface area contributed by atoms with Crippen LogP contribution in [0.2, 0.25) is 0 Å². The second kappa shape index (κ2) is 6.88. The molecule has 1 rings (SSSR count). The summed E-state index contributed by atoms with van der Waals surface area (Å²) in [7, 11) is -1.52. The topological polar surface area (TPSA) is 58.2 Å². The molecular weight excluding hydrogens is 384 g/mol. The van der Waals surface area contributed by atoms with Crippen molar-refractivity contribution in [3.05, 3.63) is 26.6 Å². The Balaban J connectivity index is 2.84. The summed E-state index contributed by atoms with van der Waals surface area (Å²) < 4.78 is 27.8. The Morgan fingerprint density at radius 1 is 1.22 bits per heavy atom. The fraction of sp³-hybridized carbons (Fsp3) is 0.455. The van der Waals surface area contributed by atoms with Crippen molar-refractivity contribution in [1.29, 1.82) is 0 Å². The number of rotatable bonds is 6. The van der Waals surface area contributed by atoms with E-state index in [1.807, 2.05) is 19.1 Å². The Morgan fingerprint density at radius 2 is 1.78 bits per heavy atom. The summed E-state index contributed by atoms with van der Waals surface area (Å²) in [5.41, 5.74) is 1.59. The number of hydrogen-bond acceptors (Lipinski definition) is 3. The SMILES string of the molecule is CNCCCS(=O)(=O)Nc1c(Br)cc(C)cc1Br. The zero-order valence-electron chi connectivity index (χ0n) is 10.3. The van der Waals surface area contributed by atoms with Gasteiger partial charge in [0.1, 0.15) is 0 Å². The molecule has 1 aromatic rings. The third kappa shape index (κ3) is 4.87. The molecule has 0 saturated carbocycles. The largest absolute Gasteiger partial charge is 0.320 e. The minimum absolute atomic E-state index is 0.0978. The molecule has 0 aliphatic carbocycles. The molecule has 2 N–H and O–H groups in total. The van der Waals surface area contributed by atoms with Gasteiger partial charge in [-0.05, 0) is 76.5 Å². The molecule has 0 unspecified atom stereocenters. The maximum absolute atomic E-state index is 11.9. The third-order valence-electron chi connectivity index (χ3n) is 2.28. The molecule has 0 spiro atoms. The number of halogens is 2. The number of benzene rings is 1. The van der Waals surface area contributed by atoms with E-state index in [1.165, 1.54) is 0 Å². The van der Waals surface area contributed by atoms with Gasteiger partial charge in [-0.1, -0.05) is 0 Å². The molecule has 1 aromatic carbocycles. The van der Waals surface area contributed by atoms with Gasteiger partial charge >= 0.3 is 0 Å². The van der Waals surface area contributed by atoms with Crippen LogP contribution in [0.25, 0.3) is 0 Å². The van der Waals surface area contributed by atoms with Crippen LogP contribution in [-0.4, -0.2) is 27.8 Å². The minimum Gasteiger partial charge on any atom is -0.320 e. The van der Waals surface area contributed by atoms with Crippen LogP contribution in [0.4, 0.5) is 5.69 Å². The van der Waals surface area contributed by atoms with Crippen molar-refractivity contribution in [2.45, 2.75) is 13.3 Å². The van der Waals surface area contributed by atoms with Crippen molar-refractivity contribution in [1.82, 2.24) is 5.32 Å². The first-order valence-electron chi connectivity index (χ1n) is 5.46. The van der Waals surface area contributed by atoms with Crippen molar-refractivity contribution in [2.24, 2.45) is 0 Å². The average Bonchev–Trinajstić information content (AvgIpc) is 2.23. The highest BCUT2D eigenvalue weighted by molar-refractivity contribution is 9.11. The highest BCUT2D eigenvalue weighted by Crippen LogP contribution is 2.33. The highest BCUT2D eigenvalue weighted by Gasteiger charge is 2.14. The van der Waals surface area contributed by atoms with E-state index in [9.17, 15) is 8.42 Å². The van der Waals surface area contributed by atoms with E-state index < -0.39 is 10.0 Å². The molecule has 4 nitrogen and oxygen atoms in total. The van der Waals surface area contributed by atoms with Crippen LogP contribution in [0.3, 0.4) is 0 Å². The summed E-state index contributed by atoms with van der Waals surface area (Å²) in [6.45, 7) is 2.62. The van der Waals surface area contributed by atoms with Gasteiger partial charge < -0.3 is 5.32 Å². The van der Waals surface area contributed by atoms with Crippen molar-refractivity contribution in [3.63, 3.8) is 0 Å². The van der Waals surface area contributed by atoms with Gasteiger partial charge in [0.15, 0.2) is 0 Å². The van der Waals surface area contributed by atoms with Gasteiger partial charge in [0, 0.05) is 8.95 Å². The van der Waals surface area contributed by atoms with Gasteiger partial charge in [0.05, 0.1) is 11.4 Å². The first kappa shape index (κ1) is 15.9. The lowest BCUT2D eigenvalue weighted by Gasteiger charge is -2.12. The molecule has 0 bridgehead atoms. The summed E-state index contributed by atoms with van der Waals surface area (Å²) in [6.07, 6.45) is 0.576. The summed E-state index contributed by atoms with van der Waals surface area (Å²) in [6, 6.07) is 3.74. The average molecular weight is 400 g/mol. The summed E-state index contributed by atoms with van der Waals surface area (Å²) in [5, 5.41) is 2.92. The van der Waals surface area contributed by atoms with Crippen LogP contribution < -0.4 is 10.0 Å². The lowest BCUT2D eigenvalue weighted by atomic mass is 10.2. The van der Waals surface area contributed by atoms with Crippen LogP contribution in [0.15, 0.2) is 21.1 Å². The zero-order valence-corrected chi connectivity index (χ0v) is 14.2. The maximum Gasteiger partial charge on any atom is 0.232 e. The van der Waals surface area contributed by atoms with Gasteiger partial charge in [0.25, 0.3) is 0 Å². The molecular formula is C11H16Br2N2O2S. The lowest BCUT2D eigenvalue weighted by molar-refractivity contribution is 0.597. The van der Waals surface area contributed by atoms with Crippen LogP contribution in [0, 0.1) is 6.92 Å². The number of sulfonamides is 1. The number of aryl methyl sites for hydroxylation is 1. The van der Waals surface area contributed by atoms with Crippen molar-refractivity contribution in [3.8, 4) is 0 Å². The normalized spacial score (nSPS) is 11.6. The van der Waals surface area contributed by atoms with E-state index in [4.69, 9.17) is 0 Å². The Hall–Kier alpha value is -0.110. The minimum atomic E-state index is -3.31. The highest BCUT2D eigenvalue weighted by atomic mass is 79.9. The fourth-order valence-corrected chi connectivity index (χ4v) is 4.48. The number of anilines is 1. The smallest absolute Gasteiger partial charge is 0.232 e. The monoisotopic (exact) mass is 398 g/mol. The second-order valence-corrected chi connectivity index (χ2v) is 7.53. The van der Waals surface area contributed by atoms with E-state index in [0.717, 1.165) is 14.5 Å². The first-order valence-corrected chi connectivity index (χ1v) is 8.70. The van der Waals surface area contributed by atoms with Gasteiger partial charge in [-0.25, -0.2) is 8.42 Å². The molecule has 0 aliphatic rings. The Kier molecular flexibility index (Phi) is 6.10. The zero-order chi connectivity index (χ0) is 13.8. The van der Waals surface area contributed by atoms with Gasteiger partial charge in [0.2, 0.25) is 10.0 Å². The number of hydrogen-bond donors (Lipinski definition) is 2. The van der Waals surface area contributed by atoms with Gasteiger partial charge in [-0.3, -0.25) is 4.72 Å². The second-order valence-electron chi connectivity index (χ2n) is 3.98. The molecule has 18 heavy (non-hydrogen) atoms. The lowest BCUT2D eigenvalue weighted by Crippen LogP contribution is -2.20. The van der Waals surface area contributed by atoms with Gasteiger partial charge in [-0.2, -0.15) is 0 Å². The van der Waals surface area contributed by atoms with E-state index in [-0.39, 0.29) is 5.75 Å². The van der Waals surface area contributed by atoms with Crippen molar-refractivity contribution >= 4 is 47.6 Å². The predicted octanol–water partition coefficient (Wildman–Crippen LogP) is 2.87. The molecule has 0 radical (unpaired) electrons. The Bertz CT molecular complexity index is 495. The fourth-order valence-electron chi connectivity index (χ4n) is 1.44. The van der Waals surface area contributed by atoms with E-state index >= 15 is 0 Å². The molecule has 0 aromatic heterocycles. The predicted molar refractivity (Wildman–Crippen MR) is 82.5 cm³/mol. The molecule has 102 valence electrons. The first-order chi connectivity index (χ1) is 8.35. The van der Waals surface area contributed by atoms with E-state index in [0.29, 0.717) is 18.7 Å². The summed E-state index contributed by atoms with van der Waals surface area (Å²) in [4.78, 5) is 0. The molecule has 0 aliphatic heterocycles. The van der Waals surface area contributed by atoms with E-state index in [2.05, 4.69) is 41.9 Å². The molecule has 0 heterocycles. The van der Waals surface area contributed by atoms with Crippen molar-refractivity contribution < 1.29 is 8.42 Å². The Morgan fingerprint density at radius 3 is 2.28 bits per heavy atom. The summed E-state index contributed by atoms with van der Waals surface area (Å²) >= 11 is 6.73. The maximum atomic E-state index is 11.9. The standard InChI is InChI=1S/C11H16Br2N2O2S/c1-8-6-9(12)11(10(13)7-8)15-18(16,17)5-3-4-14-2/h6-7,14-15H,3-5H2,1-2H3. The van der Waals surface area contributed by atoms with Gasteiger partial charge in [-0.15, -0.1) is 0 Å². The van der Waals surface area contributed by atoms with Crippen molar-refractivity contribution in [2.75, 3.05) is 24.1 Å².